The largest absolute Gasteiger partial charge is 0.467 e. The van der Waals surface area contributed by atoms with E-state index in [1.807, 2.05) is 0 Å². The molecule has 0 radical (unpaired) electrons. The van der Waals surface area contributed by atoms with Crippen LogP contribution in [0.15, 0.2) is 53.0 Å². The van der Waals surface area contributed by atoms with Crippen molar-refractivity contribution < 1.29 is 32.6 Å². The molecule has 2 atom stereocenters. The smallest absolute Gasteiger partial charge is 0.416 e. The molecule has 0 spiro atoms. The van der Waals surface area contributed by atoms with E-state index in [0.29, 0.717) is 0 Å². The van der Waals surface area contributed by atoms with E-state index in [0.717, 1.165) is 41.4 Å². The number of aliphatic hydroxyl groups excluding tert-OH is 1. The summed E-state index contributed by atoms with van der Waals surface area (Å²) >= 11 is 3.34. The molecule has 0 bridgehead atoms. The van der Waals surface area contributed by atoms with E-state index in [4.69, 9.17) is 0 Å². The van der Waals surface area contributed by atoms with Gasteiger partial charge < -0.3 is 15.2 Å². The second-order valence-corrected chi connectivity index (χ2v) is 6.76. The Morgan fingerprint density at radius 3 is 2.29 bits per heavy atom. The Bertz CT molecular complexity index is 840. The molecule has 0 fully saturated rings. The topological polar surface area (TPSA) is 75.6 Å². The Labute approximate surface area is 167 Å². The molecule has 0 aliphatic rings. The molecule has 0 saturated carbocycles. The molecule has 2 rings (SSSR count). The minimum Gasteiger partial charge on any atom is -0.467 e. The van der Waals surface area contributed by atoms with Crippen molar-refractivity contribution in [2.75, 3.05) is 7.11 Å². The van der Waals surface area contributed by atoms with Gasteiger partial charge >= 0.3 is 12.1 Å². The number of nitrogens with one attached hydrogen (secondary N) is 1. The SMILES string of the molecule is COC(=O)[C@H](Cc1ccccc1Br)NC(=O)[C@@H](O)c1ccc(C(F)(F)F)cc1. The van der Waals surface area contributed by atoms with Crippen LogP contribution in [0, 0.1) is 0 Å². The number of benzene rings is 2. The Morgan fingerprint density at radius 2 is 1.75 bits per heavy atom. The van der Waals surface area contributed by atoms with Crippen molar-refractivity contribution in [1.82, 2.24) is 5.32 Å². The van der Waals surface area contributed by atoms with Crippen molar-refractivity contribution in [3.63, 3.8) is 0 Å². The molecule has 5 nitrogen and oxygen atoms in total. The number of esters is 1. The molecule has 2 N–H and O–H groups in total. The van der Waals surface area contributed by atoms with Crippen molar-refractivity contribution in [3.05, 3.63) is 69.7 Å². The maximum atomic E-state index is 12.6. The Hall–Kier alpha value is -2.39. The Kier molecular flexibility index (Phi) is 7.20. The van der Waals surface area contributed by atoms with Crippen LogP contribution in [0.4, 0.5) is 13.2 Å². The number of methoxy groups -OCH3 is 1. The highest BCUT2D eigenvalue weighted by molar-refractivity contribution is 9.10. The number of rotatable bonds is 6. The molecular formula is C19H17BrF3NO4. The van der Waals surface area contributed by atoms with Gasteiger partial charge in [-0.15, -0.1) is 0 Å². The molecule has 0 saturated heterocycles. The lowest BCUT2D eigenvalue weighted by Gasteiger charge is -2.20. The molecular weight excluding hydrogens is 443 g/mol. The van der Waals surface area contributed by atoms with Crippen LogP contribution in [0.5, 0.6) is 0 Å². The molecule has 9 heteroatoms. The van der Waals surface area contributed by atoms with Crippen LogP contribution in [-0.4, -0.2) is 30.1 Å². The molecule has 0 aromatic heterocycles. The van der Waals surface area contributed by atoms with Gasteiger partial charge in [0.1, 0.15) is 6.04 Å². The van der Waals surface area contributed by atoms with Gasteiger partial charge in [-0.3, -0.25) is 4.79 Å². The van der Waals surface area contributed by atoms with Gasteiger partial charge in [-0.25, -0.2) is 4.79 Å². The predicted molar refractivity (Wildman–Crippen MR) is 98.2 cm³/mol. The van der Waals surface area contributed by atoms with E-state index in [-0.39, 0.29) is 12.0 Å². The number of hydrogen-bond donors (Lipinski definition) is 2. The fraction of sp³-hybridized carbons (Fsp3) is 0.263. The number of ether oxygens (including phenoxy) is 1. The van der Waals surface area contributed by atoms with Crippen LogP contribution in [0.25, 0.3) is 0 Å². The number of hydrogen-bond acceptors (Lipinski definition) is 4. The summed E-state index contributed by atoms with van der Waals surface area (Å²) in [5.74, 6) is -1.65. The summed E-state index contributed by atoms with van der Waals surface area (Å²) in [5.41, 5.74) is -0.206. The third-order valence-corrected chi connectivity index (χ3v) is 4.76. The number of amides is 1. The first-order valence-corrected chi connectivity index (χ1v) is 8.89. The number of halogens is 4. The van der Waals surface area contributed by atoms with Crippen molar-refractivity contribution in [2.24, 2.45) is 0 Å². The van der Waals surface area contributed by atoms with E-state index < -0.39 is 35.8 Å². The second-order valence-electron chi connectivity index (χ2n) is 5.90. The lowest BCUT2D eigenvalue weighted by Crippen LogP contribution is -2.45. The van der Waals surface area contributed by atoms with E-state index in [1.165, 1.54) is 0 Å². The molecule has 0 aliphatic carbocycles. The highest BCUT2D eigenvalue weighted by atomic mass is 79.9. The third-order valence-electron chi connectivity index (χ3n) is 3.99. The molecule has 150 valence electrons. The fourth-order valence-corrected chi connectivity index (χ4v) is 2.92. The van der Waals surface area contributed by atoms with Crippen LogP contribution in [0.2, 0.25) is 0 Å². The summed E-state index contributed by atoms with van der Waals surface area (Å²) in [5, 5.41) is 12.5. The highest BCUT2D eigenvalue weighted by Crippen LogP contribution is 2.30. The third kappa shape index (κ3) is 5.56. The van der Waals surface area contributed by atoms with Crippen LogP contribution in [0.1, 0.15) is 22.8 Å². The summed E-state index contributed by atoms with van der Waals surface area (Å²) in [6.07, 6.45) is -6.17. The normalized spacial score (nSPS) is 13.5. The number of aliphatic hydroxyl groups is 1. The first-order chi connectivity index (χ1) is 13.1. The van der Waals surface area contributed by atoms with Crippen LogP contribution in [0.3, 0.4) is 0 Å². The summed E-state index contributed by atoms with van der Waals surface area (Å²) in [7, 11) is 1.16. The predicted octanol–water partition coefficient (Wildman–Crippen LogP) is 3.40. The molecule has 0 heterocycles. The van der Waals surface area contributed by atoms with Crippen molar-refractivity contribution in [3.8, 4) is 0 Å². The van der Waals surface area contributed by atoms with Gasteiger partial charge in [0.25, 0.3) is 5.91 Å². The number of carbonyl (C=O) groups is 2. The minimum absolute atomic E-state index is 0.0324. The van der Waals surface area contributed by atoms with Crippen molar-refractivity contribution in [1.29, 1.82) is 0 Å². The summed E-state index contributed by atoms with van der Waals surface area (Å²) in [6, 6.07) is 9.53. The fourth-order valence-electron chi connectivity index (χ4n) is 2.48. The second kappa shape index (κ2) is 9.20. The average Bonchev–Trinajstić information content (AvgIpc) is 2.67. The summed E-state index contributed by atoms with van der Waals surface area (Å²) in [6.45, 7) is 0. The lowest BCUT2D eigenvalue weighted by molar-refractivity contribution is -0.146. The maximum absolute atomic E-state index is 12.6. The van der Waals surface area contributed by atoms with Crippen LogP contribution >= 0.6 is 15.9 Å². The average molecular weight is 460 g/mol. The summed E-state index contributed by atoms with van der Waals surface area (Å²) < 4.78 is 43.3. The van der Waals surface area contributed by atoms with Crippen LogP contribution in [-0.2, 0) is 26.9 Å². The van der Waals surface area contributed by atoms with Gasteiger partial charge in [0.05, 0.1) is 12.7 Å². The zero-order chi connectivity index (χ0) is 20.9. The van der Waals surface area contributed by atoms with Crippen molar-refractivity contribution >= 4 is 27.8 Å². The molecule has 0 unspecified atom stereocenters. The highest BCUT2D eigenvalue weighted by Gasteiger charge is 2.31. The zero-order valence-corrected chi connectivity index (χ0v) is 16.3. The van der Waals surface area contributed by atoms with E-state index >= 15 is 0 Å². The quantitative estimate of drug-likeness (QED) is 0.649. The summed E-state index contributed by atoms with van der Waals surface area (Å²) in [4.78, 5) is 24.3. The Balaban J connectivity index is 2.14. The molecule has 2 aromatic rings. The van der Waals surface area contributed by atoms with Gasteiger partial charge in [0, 0.05) is 10.9 Å². The Morgan fingerprint density at radius 1 is 1.14 bits per heavy atom. The maximum Gasteiger partial charge on any atom is 0.416 e. The van der Waals surface area contributed by atoms with Gasteiger partial charge in [-0.2, -0.15) is 13.2 Å². The van der Waals surface area contributed by atoms with Crippen molar-refractivity contribution in [2.45, 2.75) is 24.7 Å². The number of alkyl halides is 3. The van der Waals surface area contributed by atoms with E-state index in [9.17, 15) is 27.9 Å². The zero-order valence-electron chi connectivity index (χ0n) is 14.7. The van der Waals surface area contributed by atoms with Gasteiger partial charge in [-0.05, 0) is 29.3 Å². The monoisotopic (exact) mass is 459 g/mol. The van der Waals surface area contributed by atoms with Gasteiger partial charge in [0.2, 0.25) is 0 Å². The molecule has 0 aliphatic heterocycles. The van der Waals surface area contributed by atoms with Gasteiger partial charge in [0.15, 0.2) is 6.10 Å². The first-order valence-electron chi connectivity index (χ1n) is 8.10. The van der Waals surface area contributed by atoms with E-state index in [2.05, 4.69) is 26.0 Å². The van der Waals surface area contributed by atoms with Gasteiger partial charge in [-0.1, -0.05) is 46.3 Å². The molecule has 2 aromatic carbocycles. The first kappa shape index (κ1) is 21.9. The lowest BCUT2D eigenvalue weighted by atomic mass is 10.0. The molecule has 28 heavy (non-hydrogen) atoms. The minimum atomic E-state index is -4.52. The van der Waals surface area contributed by atoms with E-state index in [1.54, 1.807) is 24.3 Å². The molecule has 1 amide bonds. The van der Waals surface area contributed by atoms with Crippen LogP contribution < -0.4 is 5.32 Å². The standard InChI is InChI=1S/C19H17BrF3NO4/c1-28-18(27)15(10-12-4-2-3-5-14(12)20)24-17(26)16(25)11-6-8-13(9-7-11)19(21,22)23/h2-9,15-16,25H,10H2,1H3,(H,24,26)/t15-,16-/m0/s1. The number of carbonyl (C=O) groups excluding carboxylic acids is 2.